The number of carbonyl (C=O) groups is 1. The lowest BCUT2D eigenvalue weighted by Crippen LogP contribution is -2.33. The molecule has 1 atom stereocenters. The van der Waals surface area contributed by atoms with Gasteiger partial charge in [-0.3, -0.25) is 4.79 Å². The molecule has 0 unspecified atom stereocenters. The van der Waals surface area contributed by atoms with Crippen LogP contribution in [0.5, 0.6) is 0 Å². The normalized spacial score (nSPS) is 23.9. The first-order valence-electron chi connectivity index (χ1n) is 6.59. The van der Waals surface area contributed by atoms with Gasteiger partial charge < -0.3 is 9.32 Å². The topological polar surface area (TPSA) is 68.3 Å². The first kappa shape index (κ1) is 11.5. The summed E-state index contributed by atoms with van der Waals surface area (Å²) in [5.74, 6) is -0.0504. The molecule has 3 rings (SSSR count). The minimum atomic E-state index is -0.505. The monoisotopic (exact) mass is 251 g/mol. The quantitative estimate of drug-likeness (QED) is 0.791. The molecule has 0 N–H and O–H groups in total. The van der Waals surface area contributed by atoms with E-state index in [0.717, 1.165) is 25.8 Å². The van der Waals surface area contributed by atoms with Gasteiger partial charge in [-0.15, -0.1) is 5.10 Å². The van der Waals surface area contributed by atoms with Crippen LogP contribution in [0.2, 0.25) is 0 Å². The number of amides is 1. The van der Waals surface area contributed by atoms with Crippen LogP contribution in [0.1, 0.15) is 44.5 Å². The van der Waals surface area contributed by atoms with Crippen LogP contribution in [0.4, 0.5) is 0 Å². The van der Waals surface area contributed by atoms with Crippen molar-refractivity contribution in [3.8, 4) is 0 Å². The van der Waals surface area contributed by atoms with Gasteiger partial charge in [0.1, 0.15) is 6.04 Å². The van der Waals surface area contributed by atoms with Gasteiger partial charge in [-0.05, 0) is 25.7 Å². The largest absolute Gasteiger partial charge is 0.437 e. The Labute approximate surface area is 105 Å². The lowest BCUT2D eigenvalue weighted by atomic mass is 10.2. The molecule has 1 aliphatic heterocycles. The average molecular weight is 251 g/mol. The molecule has 2 heterocycles. The summed E-state index contributed by atoms with van der Waals surface area (Å²) in [5.41, 5.74) is 0. The van der Waals surface area contributed by atoms with E-state index < -0.39 is 11.8 Å². The van der Waals surface area contributed by atoms with Gasteiger partial charge in [0.15, 0.2) is 0 Å². The van der Waals surface area contributed by atoms with Gasteiger partial charge in [0.05, 0.1) is 0 Å². The molecule has 18 heavy (non-hydrogen) atoms. The summed E-state index contributed by atoms with van der Waals surface area (Å²) in [4.78, 5) is 25.8. The maximum atomic E-state index is 12.2. The molecule has 2 fully saturated rings. The van der Waals surface area contributed by atoms with Crippen molar-refractivity contribution in [1.82, 2.24) is 14.7 Å². The third-order valence-electron chi connectivity index (χ3n) is 3.57. The van der Waals surface area contributed by atoms with Crippen molar-refractivity contribution < 1.29 is 9.21 Å². The zero-order valence-electron chi connectivity index (χ0n) is 10.5. The van der Waals surface area contributed by atoms with Crippen molar-refractivity contribution in [1.29, 1.82) is 0 Å². The van der Waals surface area contributed by atoms with Crippen LogP contribution in [-0.4, -0.2) is 33.2 Å². The second kappa shape index (κ2) is 4.26. The molecule has 0 bridgehead atoms. The smallest absolute Gasteiger partial charge is 0.392 e. The number of likely N-dealkylation sites (tertiary alicyclic amines) is 1. The summed E-state index contributed by atoms with van der Waals surface area (Å²) in [5, 5.41) is 4.14. The first-order chi connectivity index (χ1) is 8.70. The fourth-order valence-corrected chi connectivity index (χ4v) is 2.50. The van der Waals surface area contributed by atoms with Gasteiger partial charge in [-0.1, -0.05) is 6.92 Å². The molecule has 1 aromatic rings. The highest BCUT2D eigenvalue weighted by atomic mass is 16.4. The Hall–Kier alpha value is -1.59. The summed E-state index contributed by atoms with van der Waals surface area (Å²) in [7, 11) is 0. The highest BCUT2D eigenvalue weighted by molar-refractivity contribution is 5.83. The van der Waals surface area contributed by atoms with E-state index in [1.165, 1.54) is 4.68 Å². The van der Waals surface area contributed by atoms with Gasteiger partial charge >= 0.3 is 5.76 Å². The second-order valence-electron chi connectivity index (χ2n) is 5.02. The van der Waals surface area contributed by atoms with Crippen molar-refractivity contribution in [2.24, 2.45) is 0 Å². The number of rotatable bonds is 4. The Morgan fingerprint density at radius 2 is 2.11 bits per heavy atom. The fourth-order valence-electron chi connectivity index (χ4n) is 2.50. The summed E-state index contributed by atoms with van der Waals surface area (Å²) in [6, 6.07) is -0.0485. The standard InChI is InChI=1S/C12H17N3O3/c1-2-3-10-13-15(12(17)18-10)9-6-7-14(11(9)16)8-4-5-8/h8-9H,2-7H2,1H3/t9-/m1/s1. The Balaban J connectivity index is 1.82. The van der Waals surface area contributed by atoms with Crippen molar-refractivity contribution >= 4 is 5.91 Å². The van der Waals surface area contributed by atoms with E-state index in [1.54, 1.807) is 0 Å². The van der Waals surface area contributed by atoms with Gasteiger partial charge in [0.25, 0.3) is 0 Å². The minimum absolute atomic E-state index is 0.0240. The first-order valence-corrected chi connectivity index (χ1v) is 6.59. The van der Waals surface area contributed by atoms with Crippen LogP contribution in [0.25, 0.3) is 0 Å². The predicted octanol–water partition coefficient (Wildman–Crippen LogP) is 0.725. The van der Waals surface area contributed by atoms with E-state index in [9.17, 15) is 9.59 Å². The number of aromatic nitrogens is 2. The molecular weight excluding hydrogens is 234 g/mol. The number of aryl methyl sites for hydroxylation is 1. The van der Waals surface area contributed by atoms with Crippen LogP contribution >= 0.6 is 0 Å². The van der Waals surface area contributed by atoms with Crippen molar-refractivity contribution in [3.63, 3.8) is 0 Å². The third kappa shape index (κ3) is 1.85. The molecule has 98 valence electrons. The van der Waals surface area contributed by atoms with Crippen molar-refractivity contribution in [2.75, 3.05) is 6.54 Å². The molecule has 1 aliphatic carbocycles. The van der Waals surface area contributed by atoms with Crippen molar-refractivity contribution in [3.05, 3.63) is 16.4 Å². The molecule has 1 aromatic heterocycles. The van der Waals surface area contributed by atoms with Crippen LogP contribution < -0.4 is 5.76 Å². The van der Waals surface area contributed by atoms with Gasteiger partial charge in [0, 0.05) is 19.0 Å². The van der Waals surface area contributed by atoms with Gasteiger partial charge in [-0.2, -0.15) is 4.68 Å². The Morgan fingerprint density at radius 1 is 1.33 bits per heavy atom. The SMILES string of the molecule is CCCc1nn([C@@H]2CCN(C3CC3)C2=O)c(=O)o1. The zero-order valence-corrected chi connectivity index (χ0v) is 10.5. The van der Waals surface area contributed by atoms with Crippen molar-refractivity contribution in [2.45, 2.75) is 51.1 Å². The van der Waals surface area contributed by atoms with E-state index in [2.05, 4.69) is 5.10 Å². The average Bonchev–Trinajstić information content (AvgIpc) is 3.02. The predicted molar refractivity (Wildman–Crippen MR) is 63.1 cm³/mol. The molecule has 0 spiro atoms. The van der Waals surface area contributed by atoms with E-state index in [1.807, 2.05) is 11.8 Å². The zero-order chi connectivity index (χ0) is 12.7. The molecule has 0 radical (unpaired) electrons. The second-order valence-corrected chi connectivity index (χ2v) is 5.02. The minimum Gasteiger partial charge on any atom is -0.392 e. The van der Waals surface area contributed by atoms with Gasteiger partial charge in [-0.25, -0.2) is 4.79 Å². The van der Waals surface area contributed by atoms with Crippen LogP contribution in [0, 0.1) is 0 Å². The van der Waals surface area contributed by atoms with Crippen LogP contribution in [0.3, 0.4) is 0 Å². The van der Waals surface area contributed by atoms with Crippen LogP contribution in [-0.2, 0) is 11.2 Å². The summed E-state index contributed by atoms with van der Waals surface area (Å²) in [6.07, 6.45) is 4.34. The summed E-state index contributed by atoms with van der Waals surface area (Å²) >= 11 is 0. The molecule has 1 saturated carbocycles. The van der Waals surface area contributed by atoms with Crippen LogP contribution in [0.15, 0.2) is 9.21 Å². The Morgan fingerprint density at radius 3 is 2.78 bits per heavy atom. The highest BCUT2D eigenvalue weighted by Gasteiger charge is 2.42. The summed E-state index contributed by atoms with van der Waals surface area (Å²) < 4.78 is 6.28. The number of carbonyl (C=O) groups excluding carboxylic acids is 1. The number of hydrogen-bond donors (Lipinski definition) is 0. The van der Waals surface area contributed by atoms with E-state index in [4.69, 9.17) is 4.42 Å². The fraction of sp³-hybridized carbons (Fsp3) is 0.750. The van der Waals surface area contributed by atoms with Gasteiger partial charge in [0.2, 0.25) is 11.8 Å². The molecule has 0 aromatic carbocycles. The third-order valence-corrected chi connectivity index (χ3v) is 3.57. The molecule has 1 saturated heterocycles. The summed E-state index contributed by atoms with van der Waals surface area (Å²) in [6.45, 7) is 2.73. The molecular formula is C12H17N3O3. The Bertz CT molecular complexity index is 515. The number of nitrogens with zero attached hydrogens (tertiary/aromatic N) is 3. The molecule has 6 nitrogen and oxygen atoms in total. The molecule has 6 heteroatoms. The maximum Gasteiger partial charge on any atom is 0.437 e. The lowest BCUT2D eigenvalue weighted by Gasteiger charge is -2.14. The lowest BCUT2D eigenvalue weighted by molar-refractivity contribution is -0.131. The van der Waals surface area contributed by atoms with E-state index in [0.29, 0.717) is 24.8 Å². The Kier molecular flexibility index (Phi) is 2.72. The molecule has 1 amide bonds. The highest BCUT2D eigenvalue weighted by Crippen LogP contribution is 2.33. The van der Waals surface area contributed by atoms with E-state index in [-0.39, 0.29) is 5.91 Å². The van der Waals surface area contributed by atoms with E-state index >= 15 is 0 Å². The number of hydrogen-bond acceptors (Lipinski definition) is 4. The maximum absolute atomic E-state index is 12.2. The molecule has 2 aliphatic rings.